The maximum Gasteiger partial charge on any atom is 0.103 e. The van der Waals surface area contributed by atoms with E-state index in [1.54, 1.807) is 38.2 Å². The molecule has 0 bridgehead atoms. The van der Waals surface area contributed by atoms with Gasteiger partial charge in [0.15, 0.2) is 0 Å². The van der Waals surface area contributed by atoms with Crippen LogP contribution >= 0.6 is 12.2 Å². The van der Waals surface area contributed by atoms with Crippen LogP contribution in [0.1, 0.15) is 150 Å². The number of rotatable bonds is 6. The number of fused-ring (bicyclic) bond motifs is 5. The Hall–Kier alpha value is -1.45. The lowest BCUT2D eigenvalue weighted by Crippen LogP contribution is -2.58. The molecule has 0 radical (unpaired) electrons. The maximum atomic E-state index is 5.41. The van der Waals surface area contributed by atoms with Crippen LogP contribution in [0.2, 0.25) is 0 Å². The highest BCUT2D eigenvalue weighted by Crippen LogP contribution is 2.70. The number of benzene rings is 1. The zero-order chi connectivity index (χ0) is 34.4. The molecule has 0 heterocycles. The van der Waals surface area contributed by atoms with Gasteiger partial charge in [0.05, 0.1) is 0 Å². The molecule has 5 rings (SSSR count). The summed E-state index contributed by atoms with van der Waals surface area (Å²) in [6, 6.07) is 7.61. The predicted molar refractivity (Wildman–Crippen MR) is 206 cm³/mol. The van der Waals surface area contributed by atoms with Crippen LogP contribution in [0.15, 0.2) is 50.1 Å². The van der Waals surface area contributed by atoms with E-state index in [9.17, 15) is 0 Å². The Morgan fingerprint density at radius 2 is 1.56 bits per heavy atom. The Morgan fingerprint density at radius 1 is 0.956 bits per heavy atom. The fourth-order valence-corrected chi connectivity index (χ4v) is 10.3. The largest absolute Gasteiger partial charge is 0.389 e. The van der Waals surface area contributed by atoms with Gasteiger partial charge in [-0.15, -0.1) is 19.7 Å². The summed E-state index contributed by atoms with van der Waals surface area (Å²) >= 11 is 4.79. The molecule has 4 aliphatic rings. The SMILES string of the molecule is C=C.C=CC.CC.CC(C)CCCC1(C)C(C)CCC2(C)C3CCC4(C)CCCC4C3CCC12.NCc1ccc(C(N)=S)cc1. The second-order valence-electron chi connectivity index (χ2n) is 15.5. The van der Waals surface area contributed by atoms with E-state index in [1.165, 1.54) is 44.9 Å². The summed E-state index contributed by atoms with van der Waals surface area (Å²) in [6.07, 6.45) is 20.0. The van der Waals surface area contributed by atoms with Crippen molar-refractivity contribution in [1.82, 2.24) is 0 Å². The first-order valence-corrected chi connectivity index (χ1v) is 18.9. The highest BCUT2D eigenvalue weighted by molar-refractivity contribution is 7.80. The van der Waals surface area contributed by atoms with Crippen LogP contribution in [0.4, 0.5) is 0 Å². The zero-order valence-corrected chi connectivity index (χ0v) is 32.0. The first-order chi connectivity index (χ1) is 21.4. The molecule has 1 aromatic rings. The third-order valence-corrected chi connectivity index (χ3v) is 12.9. The molecule has 1 aromatic carbocycles. The van der Waals surface area contributed by atoms with Crippen LogP contribution in [0.25, 0.3) is 0 Å². The van der Waals surface area contributed by atoms with Crippen molar-refractivity contribution in [2.75, 3.05) is 0 Å². The summed E-state index contributed by atoms with van der Waals surface area (Å²) in [6.45, 7) is 31.4. The third-order valence-electron chi connectivity index (χ3n) is 12.7. The Balaban J connectivity index is 0.000000469. The number of hydrogen-bond acceptors (Lipinski definition) is 2. The Bertz CT molecular complexity index is 1000. The van der Waals surface area contributed by atoms with Crippen molar-refractivity contribution in [3.63, 3.8) is 0 Å². The van der Waals surface area contributed by atoms with E-state index in [-0.39, 0.29) is 0 Å². The van der Waals surface area contributed by atoms with E-state index in [4.69, 9.17) is 23.7 Å². The van der Waals surface area contributed by atoms with Crippen molar-refractivity contribution >= 4 is 17.2 Å². The molecule has 4 saturated carbocycles. The average Bonchev–Trinajstić information content (AvgIpc) is 3.44. The highest BCUT2D eigenvalue weighted by Gasteiger charge is 2.61. The minimum atomic E-state index is 0.425. The molecule has 0 spiro atoms. The minimum Gasteiger partial charge on any atom is -0.389 e. The second kappa shape index (κ2) is 19.4. The number of thiocarbonyl (C=S) groups is 1. The van der Waals surface area contributed by atoms with Gasteiger partial charge in [-0.3, -0.25) is 0 Å². The summed E-state index contributed by atoms with van der Waals surface area (Å²) < 4.78 is 0. The van der Waals surface area contributed by atoms with E-state index in [1.807, 2.05) is 45.0 Å². The van der Waals surface area contributed by atoms with Crippen molar-refractivity contribution in [3.05, 3.63) is 61.2 Å². The normalized spacial score (nSPS) is 34.2. The van der Waals surface area contributed by atoms with Gasteiger partial charge in [0.1, 0.15) is 4.99 Å². The van der Waals surface area contributed by atoms with Crippen LogP contribution in [-0.4, -0.2) is 4.99 Å². The average molecular weight is 639 g/mol. The van der Waals surface area contributed by atoms with Gasteiger partial charge in [-0.25, -0.2) is 0 Å². The molecule has 4 aliphatic carbocycles. The van der Waals surface area contributed by atoms with Gasteiger partial charge in [-0.05, 0) is 122 Å². The third kappa shape index (κ3) is 10.0. The topological polar surface area (TPSA) is 52.0 Å². The molecule has 4 N–H and O–H groups in total. The monoisotopic (exact) mass is 639 g/mol. The van der Waals surface area contributed by atoms with Crippen LogP contribution in [-0.2, 0) is 6.54 Å². The molecule has 3 heteroatoms. The minimum absolute atomic E-state index is 0.425. The first kappa shape index (κ1) is 41.6. The first-order valence-electron chi connectivity index (χ1n) is 18.5. The van der Waals surface area contributed by atoms with E-state index < -0.39 is 0 Å². The van der Waals surface area contributed by atoms with Crippen molar-refractivity contribution in [1.29, 1.82) is 0 Å². The molecule has 8 atom stereocenters. The molecule has 4 fully saturated rings. The van der Waals surface area contributed by atoms with Gasteiger partial charge in [0.2, 0.25) is 0 Å². The van der Waals surface area contributed by atoms with Crippen molar-refractivity contribution in [2.45, 2.75) is 146 Å². The van der Waals surface area contributed by atoms with Crippen LogP contribution in [0.3, 0.4) is 0 Å². The summed E-state index contributed by atoms with van der Waals surface area (Å²) in [7, 11) is 0. The highest BCUT2D eigenvalue weighted by atomic mass is 32.1. The fourth-order valence-electron chi connectivity index (χ4n) is 10.2. The summed E-state index contributed by atoms with van der Waals surface area (Å²) in [5.41, 5.74) is 14.8. The molecule has 2 nitrogen and oxygen atoms in total. The smallest absolute Gasteiger partial charge is 0.103 e. The molecule has 0 saturated heterocycles. The lowest BCUT2D eigenvalue weighted by molar-refractivity contribution is -0.163. The molecular weight excluding hydrogens is 565 g/mol. The fraction of sp³-hybridized carbons (Fsp3) is 0.738. The van der Waals surface area contributed by atoms with Crippen LogP contribution < -0.4 is 11.5 Å². The molecule has 0 aliphatic heterocycles. The number of hydrogen-bond donors (Lipinski definition) is 2. The number of nitrogens with two attached hydrogens (primary N) is 2. The summed E-state index contributed by atoms with van der Waals surface area (Å²) in [5.74, 6) is 5.98. The van der Waals surface area contributed by atoms with Crippen LogP contribution in [0, 0.1) is 51.8 Å². The standard InChI is InChI=1S/C27H48.C8H10N2S.C3H6.C2H6.C2H4/c1-19(2)9-7-16-26(5)20(3)13-18-27(6)23-14-17-25(4)15-8-10-22(25)21(23)11-12-24(26)27;9-5-6-1-3-7(4-2-6)8(10)11;1-3-2;2*1-2/h19-24H,7-18H2,1-6H3;1-4H,5,9H2,(H2,10,11);3H,1H2,2H3;1-2H3;1-2H2. The van der Waals surface area contributed by atoms with Gasteiger partial charge in [0.25, 0.3) is 0 Å². The summed E-state index contributed by atoms with van der Waals surface area (Å²) in [4.78, 5) is 0.425. The lowest BCUT2D eigenvalue weighted by atomic mass is 9.39. The molecule has 8 unspecified atom stereocenters. The zero-order valence-electron chi connectivity index (χ0n) is 31.2. The van der Waals surface area contributed by atoms with Gasteiger partial charge < -0.3 is 11.5 Å². The molecule has 258 valence electrons. The van der Waals surface area contributed by atoms with Gasteiger partial charge in [-0.2, -0.15) is 0 Å². The Labute approximate surface area is 286 Å². The van der Waals surface area contributed by atoms with E-state index >= 15 is 0 Å². The van der Waals surface area contributed by atoms with E-state index in [0.29, 0.717) is 27.8 Å². The maximum absolute atomic E-state index is 5.41. The van der Waals surface area contributed by atoms with E-state index in [2.05, 4.69) is 61.3 Å². The molecule has 45 heavy (non-hydrogen) atoms. The Morgan fingerprint density at radius 3 is 2.09 bits per heavy atom. The molecule has 0 aromatic heterocycles. The second-order valence-corrected chi connectivity index (χ2v) is 15.9. The van der Waals surface area contributed by atoms with Gasteiger partial charge in [0, 0.05) is 12.1 Å². The van der Waals surface area contributed by atoms with Crippen molar-refractivity contribution in [3.8, 4) is 0 Å². The van der Waals surface area contributed by atoms with Gasteiger partial charge >= 0.3 is 0 Å². The summed E-state index contributed by atoms with van der Waals surface area (Å²) in [5, 5.41) is 0. The predicted octanol–water partition coefficient (Wildman–Crippen LogP) is 12.3. The number of allylic oxidation sites excluding steroid dienone is 1. The quantitative estimate of drug-likeness (QED) is 0.241. The Kier molecular flexibility index (Phi) is 17.9. The van der Waals surface area contributed by atoms with Gasteiger partial charge in [-0.1, -0.05) is 117 Å². The van der Waals surface area contributed by atoms with Crippen LogP contribution in [0.5, 0.6) is 0 Å². The lowest BCUT2D eigenvalue weighted by Gasteiger charge is -2.65. The van der Waals surface area contributed by atoms with Crippen molar-refractivity contribution < 1.29 is 0 Å². The molecular formula is C42H74N2S. The van der Waals surface area contributed by atoms with E-state index in [0.717, 1.165) is 46.6 Å². The molecule has 0 amide bonds. The van der Waals surface area contributed by atoms with Crippen molar-refractivity contribution in [2.24, 2.45) is 63.2 Å².